The van der Waals surface area contributed by atoms with E-state index in [1.54, 1.807) is 16.2 Å². The van der Waals surface area contributed by atoms with E-state index in [0.717, 1.165) is 22.9 Å². The zero-order chi connectivity index (χ0) is 17.6. The van der Waals surface area contributed by atoms with Crippen molar-refractivity contribution in [2.75, 3.05) is 6.54 Å². The highest BCUT2D eigenvalue weighted by Gasteiger charge is 2.37. The molecule has 1 aliphatic rings. The van der Waals surface area contributed by atoms with Gasteiger partial charge in [-0.05, 0) is 29.5 Å². The Labute approximate surface area is 144 Å². The number of carbonyl (C=O) groups is 1. The fourth-order valence-corrected chi connectivity index (χ4v) is 3.93. The molecule has 0 saturated heterocycles. The standard InChI is InChI=1S/C16H13F3N4OS/c17-16(18,19)15-11-7-20-4-1-12(11)23(21-15)9-14(24)22-5-2-13-10(8-22)3-6-25-13/h1,3-4,6-7H,2,5,8-9H2. The summed E-state index contributed by atoms with van der Waals surface area (Å²) < 4.78 is 40.6. The number of pyridine rings is 1. The van der Waals surface area contributed by atoms with Crippen molar-refractivity contribution >= 4 is 28.1 Å². The van der Waals surface area contributed by atoms with Gasteiger partial charge in [0.25, 0.3) is 0 Å². The van der Waals surface area contributed by atoms with E-state index >= 15 is 0 Å². The van der Waals surface area contributed by atoms with Crippen molar-refractivity contribution in [3.63, 3.8) is 0 Å². The van der Waals surface area contributed by atoms with Crippen molar-refractivity contribution < 1.29 is 18.0 Å². The molecule has 0 N–H and O–H groups in total. The highest BCUT2D eigenvalue weighted by Crippen LogP contribution is 2.33. The van der Waals surface area contributed by atoms with Gasteiger partial charge < -0.3 is 4.90 Å². The van der Waals surface area contributed by atoms with Gasteiger partial charge in [-0.25, -0.2) is 0 Å². The van der Waals surface area contributed by atoms with E-state index in [0.29, 0.717) is 13.1 Å². The molecule has 4 heterocycles. The molecule has 0 saturated carbocycles. The summed E-state index contributed by atoms with van der Waals surface area (Å²) in [5, 5.41) is 5.53. The van der Waals surface area contributed by atoms with E-state index in [-0.39, 0.29) is 23.4 Å². The third-order valence-corrected chi connectivity index (χ3v) is 5.29. The normalized spacial score (nSPS) is 14.8. The maximum absolute atomic E-state index is 13.2. The molecule has 0 bridgehead atoms. The van der Waals surface area contributed by atoms with Gasteiger partial charge in [-0.15, -0.1) is 11.3 Å². The number of carbonyl (C=O) groups excluding carboxylic acids is 1. The van der Waals surface area contributed by atoms with Crippen molar-refractivity contribution in [2.24, 2.45) is 0 Å². The van der Waals surface area contributed by atoms with Crippen LogP contribution >= 0.6 is 11.3 Å². The zero-order valence-corrected chi connectivity index (χ0v) is 13.8. The number of hydrogen-bond donors (Lipinski definition) is 0. The quantitative estimate of drug-likeness (QED) is 0.700. The molecule has 0 fully saturated rings. The second kappa shape index (κ2) is 5.83. The van der Waals surface area contributed by atoms with Gasteiger partial charge in [0.05, 0.1) is 10.9 Å². The Bertz CT molecular complexity index is 946. The Balaban J connectivity index is 1.62. The van der Waals surface area contributed by atoms with Gasteiger partial charge in [-0.2, -0.15) is 18.3 Å². The third kappa shape index (κ3) is 2.88. The summed E-state index contributed by atoms with van der Waals surface area (Å²) in [6.45, 7) is 0.833. The minimum atomic E-state index is -4.59. The van der Waals surface area contributed by atoms with E-state index in [2.05, 4.69) is 10.1 Å². The van der Waals surface area contributed by atoms with Crippen LogP contribution < -0.4 is 0 Å². The number of halogens is 3. The summed E-state index contributed by atoms with van der Waals surface area (Å²) in [6.07, 6.45) is -1.29. The molecule has 4 rings (SSSR count). The molecule has 9 heteroatoms. The van der Waals surface area contributed by atoms with E-state index in [1.165, 1.54) is 17.1 Å². The minimum Gasteiger partial charge on any atom is -0.336 e. The SMILES string of the molecule is O=C(Cn1nc(C(F)(F)F)c2cnccc21)N1CCc2sccc2C1. The number of aromatic nitrogens is 3. The summed E-state index contributed by atoms with van der Waals surface area (Å²) in [5.41, 5.74) is 0.348. The number of hydrogen-bond acceptors (Lipinski definition) is 4. The van der Waals surface area contributed by atoms with Gasteiger partial charge in [-0.3, -0.25) is 14.5 Å². The van der Waals surface area contributed by atoms with Crippen molar-refractivity contribution in [3.05, 3.63) is 46.0 Å². The molecule has 1 amide bonds. The van der Waals surface area contributed by atoms with E-state index in [9.17, 15) is 18.0 Å². The number of fused-ring (bicyclic) bond motifs is 2. The van der Waals surface area contributed by atoms with E-state index in [1.807, 2.05) is 11.4 Å². The first-order valence-electron chi connectivity index (χ1n) is 7.64. The van der Waals surface area contributed by atoms with Crippen LogP contribution in [0.25, 0.3) is 10.9 Å². The molecule has 1 aliphatic heterocycles. The maximum Gasteiger partial charge on any atom is 0.435 e. The fraction of sp³-hybridized carbons (Fsp3) is 0.312. The highest BCUT2D eigenvalue weighted by molar-refractivity contribution is 7.10. The van der Waals surface area contributed by atoms with Crippen LogP contribution in [0, 0.1) is 0 Å². The Morgan fingerprint density at radius 2 is 2.16 bits per heavy atom. The van der Waals surface area contributed by atoms with Crippen molar-refractivity contribution in [2.45, 2.75) is 25.7 Å². The number of alkyl halides is 3. The number of amides is 1. The first-order chi connectivity index (χ1) is 11.9. The second-order valence-electron chi connectivity index (χ2n) is 5.83. The van der Waals surface area contributed by atoms with Gasteiger partial charge in [0.15, 0.2) is 5.69 Å². The first kappa shape index (κ1) is 16.1. The van der Waals surface area contributed by atoms with Crippen LogP contribution in [0.15, 0.2) is 29.9 Å². The van der Waals surface area contributed by atoms with Crippen LogP contribution in [-0.4, -0.2) is 32.1 Å². The van der Waals surface area contributed by atoms with Crippen LogP contribution in [0.3, 0.4) is 0 Å². The van der Waals surface area contributed by atoms with Crippen LogP contribution in [0.1, 0.15) is 16.1 Å². The van der Waals surface area contributed by atoms with Crippen molar-refractivity contribution in [3.8, 4) is 0 Å². The summed E-state index contributed by atoms with van der Waals surface area (Å²) in [6, 6.07) is 3.42. The van der Waals surface area contributed by atoms with Gasteiger partial charge in [0.2, 0.25) is 5.91 Å². The molecule has 5 nitrogen and oxygen atoms in total. The molecule has 0 atom stereocenters. The van der Waals surface area contributed by atoms with Crippen LogP contribution in [0.5, 0.6) is 0 Å². The highest BCUT2D eigenvalue weighted by atomic mass is 32.1. The van der Waals surface area contributed by atoms with E-state index < -0.39 is 11.9 Å². The summed E-state index contributed by atoms with van der Waals surface area (Å²) >= 11 is 1.66. The Hall–Kier alpha value is -2.42. The summed E-state index contributed by atoms with van der Waals surface area (Å²) in [4.78, 5) is 19.2. The number of thiophene rings is 1. The van der Waals surface area contributed by atoms with Crippen LogP contribution in [0.2, 0.25) is 0 Å². The predicted octanol–water partition coefficient (Wildman–Crippen LogP) is 3.10. The molecule has 3 aromatic heterocycles. The molecule has 0 aliphatic carbocycles. The fourth-order valence-electron chi connectivity index (χ4n) is 3.04. The maximum atomic E-state index is 13.2. The molecule has 25 heavy (non-hydrogen) atoms. The molecular weight excluding hydrogens is 353 g/mol. The van der Waals surface area contributed by atoms with Gasteiger partial charge in [-0.1, -0.05) is 0 Å². The summed E-state index contributed by atoms with van der Waals surface area (Å²) in [7, 11) is 0. The van der Waals surface area contributed by atoms with E-state index in [4.69, 9.17) is 0 Å². The molecule has 0 spiro atoms. The Morgan fingerprint density at radius 1 is 1.32 bits per heavy atom. The van der Waals surface area contributed by atoms with Crippen molar-refractivity contribution in [1.29, 1.82) is 0 Å². The Kier molecular flexibility index (Phi) is 3.75. The second-order valence-corrected chi connectivity index (χ2v) is 6.83. The topological polar surface area (TPSA) is 51.0 Å². The minimum absolute atomic E-state index is 0.0958. The van der Waals surface area contributed by atoms with Crippen LogP contribution in [0.4, 0.5) is 13.2 Å². The zero-order valence-electron chi connectivity index (χ0n) is 13.0. The lowest BCUT2D eigenvalue weighted by Gasteiger charge is -2.27. The number of nitrogens with zero attached hydrogens (tertiary/aromatic N) is 4. The van der Waals surface area contributed by atoms with Gasteiger partial charge in [0, 0.05) is 30.4 Å². The smallest absolute Gasteiger partial charge is 0.336 e. The molecule has 0 unspecified atom stereocenters. The molecule has 3 aromatic rings. The number of rotatable bonds is 2. The third-order valence-electron chi connectivity index (χ3n) is 4.27. The lowest BCUT2D eigenvalue weighted by atomic mass is 10.1. The molecular formula is C16H13F3N4OS. The largest absolute Gasteiger partial charge is 0.435 e. The lowest BCUT2D eigenvalue weighted by molar-refractivity contribution is -0.141. The van der Waals surface area contributed by atoms with Crippen molar-refractivity contribution in [1.82, 2.24) is 19.7 Å². The predicted molar refractivity (Wildman–Crippen MR) is 86.0 cm³/mol. The monoisotopic (exact) mass is 366 g/mol. The summed E-state index contributed by atoms with van der Waals surface area (Å²) in [5.74, 6) is -0.244. The average Bonchev–Trinajstić information content (AvgIpc) is 3.18. The molecule has 0 aromatic carbocycles. The first-order valence-corrected chi connectivity index (χ1v) is 8.52. The van der Waals surface area contributed by atoms with Gasteiger partial charge in [0.1, 0.15) is 6.54 Å². The lowest BCUT2D eigenvalue weighted by Crippen LogP contribution is -2.37. The van der Waals surface area contributed by atoms with Gasteiger partial charge >= 0.3 is 6.18 Å². The molecule has 0 radical (unpaired) electrons. The Morgan fingerprint density at radius 3 is 2.96 bits per heavy atom. The molecule has 130 valence electrons. The van der Waals surface area contributed by atoms with Crippen LogP contribution in [-0.2, 0) is 30.5 Å². The average molecular weight is 366 g/mol.